The first-order valence-corrected chi connectivity index (χ1v) is 14.5. The molecule has 1 saturated heterocycles. The second-order valence-corrected chi connectivity index (χ2v) is 11.0. The number of aliphatic hydroxyl groups excluding tert-OH is 1. The summed E-state index contributed by atoms with van der Waals surface area (Å²) in [4.78, 5) is 32.8. The number of ether oxygens (including phenoxy) is 2. The number of carbonyl (C=O) groups excluding carboxylic acids is 2. The number of benzene rings is 2. The topological polar surface area (TPSA) is 100 Å². The number of nitrogens with zero attached hydrogens (tertiary/aromatic N) is 2. The van der Waals surface area contributed by atoms with Crippen molar-refractivity contribution in [3.05, 3.63) is 88.8 Å². The Morgan fingerprint density at radius 1 is 1.09 bits per heavy atom. The van der Waals surface area contributed by atoms with Crippen molar-refractivity contribution in [3.8, 4) is 11.5 Å². The molecule has 0 unspecified atom stereocenters. The molecular formula is C34H40FN3O5. The number of nitrogens with one attached hydrogen (secondary N) is 1. The number of rotatable bonds is 11. The van der Waals surface area contributed by atoms with E-state index >= 15 is 0 Å². The van der Waals surface area contributed by atoms with E-state index in [-0.39, 0.29) is 35.8 Å². The summed E-state index contributed by atoms with van der Waals surface area (Å²) in [6, 6.07) is 8.57. The second kappa shape index (κ2) is 14.4. The predicted molar refractivity (Wildman–Crippen MR) is 166 cm³/mol. The summed E-state index contributed by atoms with van der Waals surface area (Å²) in [5, 5.41) is 14.0. The third kappa shape index (κ3) is 7.66. The Bertz CT molecular complexity index is 1450. The summed E-state index contributed by atoms with van der Waals surface area (Å²) >= 11 is 0. The van der Waals surface area contributed by atoms with Gasteiger partial charge in [-0.3, -0.25) is 14.6 Å². The molecule has 2 atom stereocenters. The maximum Gasteiger partial charge on any atom is 0.292 e. The van der Waals surface area contributed by atoms with Gasteiger partial charge in [-0.1, -0.05) is 42.5 Å². The van der Waals surface area contributed by atoms with Crippen molar-refractivity contribution in [1.82, 2.24) is 10.2 Å². The number of aliphatic hydroxyl groups is 1. The molecule has 0 radical (unpaired) electrons. The quantitative estimate of drug-likeness (QED) is 0.164. The average Bonchev–Trinajstić information content (AvgIpc) is 3.53. The molecule has 0 bridgehead atoms. The van der Waals surface area contributed by atoms with Gasteiger partial charge in [-0.15, -0.1) is 0 Å². The number of ketones is 1. The van der Waals surface area contributed by atoms with Crippen LogP contribution in [-0.2, 0) is 4.79 Å². The SMILES string of the molecule is C=C/C(=C\C(C(C)=NC)=C(C)C)c1ccc(C(=O)C(=O)N[C@H](CN2CCCC2)[C@H](O)c2cc(F)c3c(c2)OCCO3)cc1. The van der Waals surface area contributed by atoms with E-state index in [0.29, 0.717) is 6.54 Å². The standard InChI is InChI=1S/C34H40FN3O5/c1-6-23(17-27(21(2)3)22(4)36-5)24-9-11-25(12-10-24)32(40)34(41)37-29(20-38-13-7-8-14-38)31(39)26-18-28(35)33-30(19-26)42-15-16-43-33/h6,9-12,17-19,29,31,39H,1,7-8,13-16,20H2,2-5H3,(H,37,41)/b23-17+,36-22?/t29-,31-/m1/s1. The van der Waals surface area contributed by atoms with Crippen LogP contribution < -0.4 is 14.8 Å². The number of halogens is 1. The lowest BCUT2D eigenvalue weighted by atomic mass is 9.97. The molecule has 4 rings (SSSR count). The fourth-order valence-electron chi connectivity index (χ4n) is 5.33. The Morgan fingerprint density at radius 2 is 1.74 bits per heavy atom. The van der Waals surface area contributed by atoms with Gasteiger partial charge in [0.1, 0.15) is 19.3 Å². The third-order valence-electron chi connectivity index (χ3n) is 7.78. The van der Waals surface area contributed by atoms with Crippen molar-refractivity contribution in [2.75, 3.05) is 39.9 Å². The van der Waals surface area contributed by atoms with Gasteiger partial charge < -0.3 is 24.8 Å². The summed E-state index contributed by atoms with van der Waals surface area (Å²) in [7, 11) is 1.74. The molecular weight excluding hydrogens is 549 g/mol. The normalized spacial score (nSPS) is 16.8. The van der Waals surface area contributed by atoms with Gasteiger partial charge in [-0.25, -0.2) is 4.39 Å². The fraction of sp³-hybridized carbons (Fsp3) is 0.382. The Kier molecular flexibility index (Phi) is 10.7. The van der Waals surface area contributed by atoms with Crippen LogP contribution in [0.25, 0.3) is 5.57 Å². The number of Topliss-reactive ketones (excluding diaryl/α,β-unsaturated/α-hetero) is 1. The van der Waals surface area contributed by atoms with Gasteiger partial charge in [0, 0.05) is 24.9 Å². The van der Waals surface area contributed by atoms with Crippen molar-refractivity contribution < 1.29 is 28.6 Å². The molecule has 2 aromatic rings. The van der Waals surface area contributed by atoms with Crippen LogP contribution in [0.5, 0.6) is 11.5 Å². The van der Waals surface area contributed by atoms with E-state index in [1.807, 2.05) is 26.8 Å². The minimum Gasteiger partial charge on any atom is -0.486 e. The molecule has 0 saturated carbocycles. The van der Waals surface area contributed by atoms with E-state index < -0.39 is 29.7 Å². The molecule has 43 heavy (non-hydrogen) atoms. The van der Waals surface area contributed by atoms with E-state index in [4.69, 9.17) is 9.47 Å². The summed E-state index contributed by atoms with van der Waals surface area (Å²) in [5.41, 5.74) is 5.12. The Hall–Kier alpha value is -4.08. The lowest BCUT2D eigenvalue weighted by Gasteiger charge is -2.29. The van der Waals surface area contributed by atoms with Crippen molar-refractivity contribution in [2.24, 2.45) is 4.99 Å². The van der Waals surface area contributed by atoms with Crippen LogP contribution in [-0.4, -0.2) is 73.3 Å². The van der Waals surface area contributed by atoms with Crippen LogP contribution in [0, 0.1) is 5.82 Å². The minimum atomic E-state index is -1.29. The van der Waals surface area contributed by atoms with Crippen LogP contribution in [0.15, 0.2) is 71.3 Å². The van der Waals surface area contributed by atoms with Gasteiger partial charge in [0.05, 0.1) is 6.04 Å². The summed E-state index contributed by atoms with van der Waals surface area (Å²) < 4.78 is 25.6. The maximum absolute atomic E-state index is 14.8. The largest absolute Gasteiger partial charge is 0.486 e. The summed E-state index contributed by atoms with van der Waals surface area (Å²) in [6.45, 7) is 12.3. The number of amides is 1. The molecule has 2 aromatic carbocycles. The highest BCUT2D eigenvalue weighted by Gasteiger charge is 2.31. The molecule has 8 nitrogen and oxygen atoms in total. The molecule has 2 N–H and O–H groups in total. The van der Waals surface area contributed by atoms with Crippen LogP contribution in [0.1, 0.15) is 61.2 Å². The highest BCUT2D eigenvalue weighted by molar-refractivity contribution is 6.42. The van der Waals surface area contributed by atoms with Gasteiger partial charge in [0.25, 0.3) is 5.91 Å². The monoisotopic (exact) mass is 589 g/mol. The molecule has 9 heteroatoms. The highest BCUT2D eigenvalue weighted by atomic mass is 19.1. The highest BCUT2D eigenvalue weighted by Crippen LogP contribution is 2.36. The number of fused-ring (bicyclic) bond motifs is 1. The van der Waals surface area contributed by atoms with Crippen molar-refractivity contribution in [2.45, 2.75) is 45.8 Å². The zero-order chi connectivity index (χ0) is 31.1. The molecule has 2 aliphatic heterocycles. The predicted octanol–water partition coefficient (Wildman–Crippen LogP) is 5.09. The molecule has 0 aromatic heterocycles. The molecule has 228 valence electrons. The lowest BCUT2D eigenvalue weighted by molar-refractivity contribution is -0.118. The minimum absolute atomic E-state index is 0.00103. The number of carbonyl (C=O) groups is 2. The third-order valence-corrected chi connectivity index (χ3v) is 7.78. The Morgan fingerprint density at radius 3 is 2.37 bits per heavy atom. The lowest BCUT2D eigenvalue weighted by Crippen LogP contribution is -2.48. The Labute approximate surface area is 252 Å². The molecule has 0 aliphatic carbocycles. The first-order valence-electron chi connectivity index (χ1n) is 14.5. The average molecular weight is 590 g/mol. The van der Waals surface area contributed by atoms with Crippen LogP contribution in [0.2, 0.25) is 0 Å². The molecule has 1 fully saturated rings. The van der Waals surface area contributed by atoms with E-state index in [1.165, 1.54) is 12.1 Å². The van der Waals surface area contributed by atoms with Crippen LogP contribution >= 0.6 is 0 Å². The van der Waals surface area contributed by atoms with Gasteiger partial charge >= 0.3 is 0 Å². The van der Waals surface area contributed by atoms with Crippen molar-refractivity contribution in [3.63, 3.8) is 0 Å². The van der Waals surface area contributed by atoms with E-state index in [1.54, 1.807) is 37.4 Å². The molecule has 2 aliphatic rings. The zero-order valence-corrected chi connectivity index (χ0v) is 25.3. The molecule has 0 spiro atoms. The van der Waals surface area contributed by atoms with E-state index in [2.05, 4.69) is 21.8 Å². The second-order valence-electron chi connectivity index (χ2n) is 11.0. The molecule has 1 amide bonds. The van der Waals surface area contributed by atoms with E-state index in [9.17, 15) is 19.1 Å². The van der Waals surface area contributed by atoms with Crippen LogP contribution in [0.4, 0.5) is 4.39 Å². The number of aliphatic imine (C=N–C) groups is 1. The Balaban J connectivity index is 1.54. The van der Waals surface area contributed by atoms with Gasteiger partial charge in [-0.05, 0) is 87.2 Å². The molecule has 2 heterocycles. The van der Waals surface area contributed by atoms with Gasteiger partial charge in [0.2, 0.25) is 5.78 Å². The maximum atomic E-state index is 14.8. The fourth-order valence-corrected chi connectivity index (χ4v) is 5.33. The van der Waals surface area contributed by atoms with Crippen molar-refractivity contribution >= 4 is 23.0 Å². The zero-order valence-electron chi connectivity index (χ0n) is 25.3. The summed E-state index contributed by atoms with van der Waals surface area (Å²) in [6.07, 6.45) is 4.45. The van der Waals surface area contributed by atoms with Gasteiger partial charge in [-0.2, -0.15) is 0 Å². The van der Waals surface area contributed by atoms with Crippen LogP contribution in [0.3, 0.4) is 0 Å². The number of hydrogen-bond acceptors (Lipinski definition) is 7. The van der Waals surface area contributed by atoms with Gasteiger partial charge in [0.15, 0.2) is 17.3 Å². The first kappa shape index (κ1) is 31.8. The number of allylic oxidation sites excluding steroid dienone is 5. The summed E-state index contributed by atoms with van der Waals surface area (Å²) in [5.74, 6) is -2.04. The van der Waals surface area contributed by atoms with Crippen molar-refractivity contribution in [1.29, 1.82) is 0 Å². The smallest absolute Gasteiger partial charge is 0.292 e. The van der Waals surface area contributed by atoms with E-state index in [0.717, 1.165) is 53.9 Å². The first-order chi connectivity index (χ1) is 20.6. The number of hydrogen-bond donors (Lipinski definition) is 2. The number of likely N-dealkylation sites (tertiary alicyclic amines) is 1.